The smallest absolute Gasteiger partial charge is 0.242 e. The van der Waals surface area contributed by atoms with Gasteiger partial charge in [-0.15, -0.1) is 11.3 Å². The molecule has 0 bridgehead atoms. The normalized spacial score (nSPS) is 11.4. The molecule has 3 aromatic rings. The summed E-state index contributed by atoms with van der Waals surface area (Å²) < 4.78 is 31.7. The molecule has 0 saturated heterocycles. The lowest BCUT2D eigenvalue weighted by molar-refractivity contribution is -0.116. The second-order valence-electron chi connectivity index (χ2n) is 7.33. The molecule has 3 rings (SSSR count). The van der Waals surface area contributed by atoms with Crippen LogP contribution in [0.2, 0.25) is 0 Å². The molecule has 0 aliphatic carbocycles. The molecule has 0 fully saturated rings. The summed E-state index contributed by atoms with van der Waals surface area (Å²) in [6, 6.07) is 13.3. The molecule has 0 atom stereocenters. The van der Waals surface area contributed by atoms with Crippen LogP contribution in [0.3, 0.4) is 0 Å². The molecule has 1 N–H and O–H groups in total. The van der Waals surface area contributed by atoms with Crippen LogP contribution in [0.5, 0.6) is 5.75 Å². The van der Waals surface area contributed by atoms with Crippen molar-refractivity contribution in [3.63, 3.8) is 0 Å². The van der Waals surface area contributed by atoms with Crippen molar-refractivity contribution in [2.45, 2.75) is 24.7 Å². The zero-order valence-electron chi connectivity index (χ0n) is 18.6. The molecule has 0 aliphatic rings. The van der Waals surface area contributed by atoms with Crippen LogP contribution in [-0.2, 0) is 14.8 Å². The maximum Gasteiger partial charge on any atom is 0.242 e. The number of rotatable bonds is 10. The Balaban J connectivity index is 1.50. The van der Waals surface area contributed by atoms with Gasteiger partial charge in [0, 0.05) is 36.5 Å². The van der Waals surface area contributed by atoms with Crippen LogP contribution in [0.25, 0.3) is 11.3 Å². The number of aromatic nitrogens is 1. The van der Waals surface area contributed by atoms with E-state index in [9.17, 15) is 18.0 Å². The number of anilines is 1. The molecule has 0 radical (unpaired) electrons. The molecule has 10 heteroatoms. The largest absolute Gasteiger partial charge is 0.497 e. The fourth-order valence-electron chi connectivity index (χ4n) is 3.03. The lowest BCUT2D eigenvalue weighted by Crippen LogP contribution is -2.28. The molecule has 0 unspecified atom stereocenters. The number of hydrogen-bond acceptors (Lipinski definition) is 7. The average molecular weight is 488 g/mol. The van der Waals surface area contributed by atoms with Crippen molar-refractivity contribution in [2.75, 3.05) is 26.0 Å². The standard InChI is InChI=1S/C23H25N3O5S2/c1-16(27)17-8-12-20(13-9-17)33(29,30)26(2)14-4-5-22(28)25-23-24-21(15-32-23)18-6-10-19(31-3)11-7-18/h6-13,15H,4-5,14H2,1-3H3,(H,24,25,28). The molecule has 1 aromatic heterocycles. The van der Waals surface area contributed by atoms with Crippen molar-refractivity contribution >= 4 is 38.2 Å². The molecule has 0 spiro atoms. The van der Waals surface area contributed by atoms with E-state index in [2.05, 4.69) is 10.3 Å². The molecule has 1 amide bonds. The molecule has 0 aliphatic heterocycles. The van der Waals surface area contributed by atoms with Gasteiger partial charge in [-0.25, -0.2) is 17.7 Å². The summed E-state index contributed by atoms with van der Waals surface area (Å²) in [7, 11) is -0.630. The molecule has 33 heavy (non-hydrogen) atoms. The van der Waals surface area contributed by atoms with Crippen molar-refractivity contribution in [3.8, 4) is 17.0 Å². The van der Waals surface area contributed by atoms with Crippen molar-refractivity contribution < 1.29 is 22.7 Å². The van der Waals surface area contributed by atoms with Crippen molar-refractivity contribution in [3.05, 3.63) is 59.5 Å². The van der Waals surface area contributed by atoms with Crippen LogP contribution in [0.15, 0.2) is 58.8 Å². The van der Waals surface area contributed by atoms with Crippen molar-refractivity contribution in [1.82, 2.24) is 9.29 Å². The number of carbonyl (C=O) groups excluding carboxylic acids is 2. The average Bonchev–Trinajstić information content (AvgIpc) is 3.27. The molecular weight excluding hydrogens is 462 g/mol. The number of thiazole rings is 1. The van der Waals surface area contributed by atoms with E-state index in [-0.39, 0.29) is 29.6 Å². The van der Waals surface area contributed by atoms with E-state index in [1.807, 2.05) is 29.6 Å². The second kappa shape index (κ2) is 10.7. The third-order valence-corrected chi connectivity index (χ3v) is 7.61. The number of sulfonamides is 1. The summed E-state index contributed by atoms with van der Waals surface area (Å²) >= 11 is 1.32. The molecule has 2 aromatic carbocycles. The second-order valence-corrected chi connectivity index (χ2v) is 10.2. The molecule has 1 heterocycles. The lowest BCUT2D eigenvalue weighted by Gasteiger charge is -2.17. The Kier molecular flexibility index (Phi) is 7.96. The predicted octanol–water partition coefficient (Wildman–Crippen LogP) is 4.06. The molecule has 174 valence electrons. The molecule has 8 nitrogen and oxygen atoms in total. The number of hydrogen-bond donors (Lipinski definition) is 1. The Labute approximate surface area is 197 Å². The topological polar surface area (TPSA) is 106 Å². The summed E-state index contributed by atoms with van der Waals surface area (Å²) in [6.45, 7) is 1.60. The van der Waals surface area contributed by atoms with Crippen molar-refractivity contribution in [1.29, 1.82) is 0 Å². The summed E-state index contributed by atoms with van der Waals surface area (Å²) in [4.78, 5) is 28.2. The zero-order valence-corrected chi connectivity index (χ0v) is 20.2. The van der Waals surface area contributed by atoms with E-state index in [0.717, 1.165) is 17.0 Å². The van der Waals surface area contributed by atoms with Gasteiger partial charge < -0.3 is 10.1 Å². The Hall–Kier alpha value is -3.08. The van der Waals surface area contributed by atoms with E-state index >= 15 is 0 Å². The monoisotopic (exact) mass is 487 g/mol. The van der Waals surface area contributed by atoms with Crippen LogP contribution in [0.1, 0.15) is 30.1 Å². The van der Waals surface area contributed by atoms with Gasteiger partial charge in [0.25, 0.3) is 0 Å². The summed E-state index contributed by atoms with van der Waals surface area (Å²) in [5, 5.41) is 5.10. The van der Waals surface area contributed by atoms with Crippen LogP contribution in [0, 0.1) is 0 Å². The SMILES string of the molecule is COc1ccc(-c2csc(NC(=O)CCCN(C)S(=O)(=O)c3ccc(C(C)=O)cc3)n2)cc1. The van der Waals surface area contributed by atoms with Crippen LogP contribution in [0.4, 0.5) is 5.13 Å². The number of nitrogens with one attached hydrogen (secondary N) is 1. The van der Waals surface area contributed by atoms with E-state index in [4.69, 9.17) is 4.74 Å². The first-order chi connectivity index (χ1) is 15.7. The Morgan fingerprint density at radius 1 is 1.09 bits per heavy atom. The molecular formula is C23H25N3O5S2. The fraction of sp³-hybridized carbons (Fsp3) is 0.261. The minimum Gasteiger partial charge on any atom is -0.497 e. The summed E-state index contributed by atoms with van der Waals surface area (Å²) in [6.07, 6.45) is 0.504. The number of methoxy groups -OCH3 is 1. The van der Waals surface area contributed by atoms with Crippen LogP contribution >= 0.6 is 11.3 Å². The third kappa shape index (κ3) is 6.25. The summed E-state index contributed by atoms with van der Waals surface area (Å²) in [5.74, 6) is 0.388. The third-order valence-electron chi connectivity index (χ3n) is 4.98. The highest BCUT2D eigenvalue weighted by Crippen LogP contribution is 2.26. The minimum atomic E-state index is -3.70. The predicted molar refractivity (Wildman–Crippen MR) is 128 cm³/mol. The Bertz CT molecular complexity index is 1220. The number of nitrogens with zero attached hydrogens (tertiary/aromatic N) is 2. The van der Waals surface area contributed by atoms with Gasteiger partial charge >= 0.3 is 0 Å². The van der Waals surface area contributed by atoms with E-state index < -0.39 is 10.0 Å². The van der Waals surface area contributed by atoms with Gasteiger partial charge in [0.15, 0.2) is 10.9 Å². The Morgan fingerprint density at radius 2 is 1.76 bits per heavy atom. The first kappa shape index (κ1) is 24.6. The highest BCUT2D eigenvalue weighted by molar-refractivity contribution is 7.89. The van der Waals surface area contributed by atoms with E-state index in [0.29, 0.717) is 17.1 Å². The number of amides is 1. The number of Topliss-reactive ketones (excluding diaryl/α,β-unsaturated/α-hetero) is 1. The highest BCUT2D eigenvalue weighted by atomic mass is 32.2. The fourth-order valence-corrected chi connectivity index (χ4v) is 4.98. The van der Waals surface area contributed by atoms with Gasteiger partial charge in [0.1, 0.15) is 5.75 Å². The van der Waals surface area contributed by atoms with Gasteiger partial charge in [-0.1, -0.05) is 12.1 Å². The highest BCUT2D eigenvalue weighted by Gasteiger charge is 2.21. The summed E-state index contributed by atoms with van der Waals surface area (Å²) in [5.41, 5.74) is 2.11. The van der Waals surface area contributed by atoms with Crippen LogP contribution in [-0.4, -0.2) is 50.1 Å². The molecule has 0 saturated carbocycles. The number of carbonyl (C=O) groups is 2. The van der Waals surface area contributed by atoms with Gasteiger partial charge in [-0.05, 0) is 49.7 Å². The minimum absolute atomic E-state index is 0.105. The van der Waals surface area contributed by atoms with Gasteiger partial charge in [0.2, 0.25) is 15.9 Å². The maximum atomic E-state index is 12.7. The Morgan fingerprint density at radius 3 is 2.36 bits per heavy atom. The van der Waals surface area contributed by atoms with E-state index in [1.165, 1.54) is 53.9 Å². The van der Waals surface area contributed by atoms with Crippen molar-refractivity contribution in [2.24, 2.45) is 0 Å². The van der Waals surface area contributed by atoms with Crippen LogP contribution < -0.4 is 10.1 Å². The van der Waals surface area contributed by atoms with Gasteiger partial charge in [0.05, 0.1) is 17.7 Å². The lowest BCUT2D eigenvalue weighted by atomic mass is 10.2. The van der Waals surface area contributed by atoms with Gasteiger partial charge in [-0.3, -0.25) is 9.59 Å². The first-order valence-corrected chi connectivity index (χ1v) is 12.5. The first-order valence-electron chi connectivity index (χ1n) is 10.2. The number of benzene rings is 2. The quantitative estimate of drug-likeness (QED) is 0.432. The maximum absolute atomic E-state index is 12.7. The number of ketones is 1. The van der Waals surface area contributed by atoms with Gasteiger partial charge in [-0.2, -0.15) is 0 Å². The number of ether oxygens (including phenoxy) is 1. The van der Waals surface area contributed by atoms with E-state index in [1.54, 1.807) is 7.11 Å². The zero-order chi connectivity index (χ0) is 24.0.